The molecule has 0 spiro atoms. The van der Waals surface area contributed by atoms with Crippen molar-refractivity contribution in [2.45, 2.75) is 6.54 Å². The van der Waals surface area contributed by atoms with Crippen LogP contribution >= 0.6 is 0 Å². The van der Waals surface area contributed by atoms with Crippen molar-refractivity contribution in [3.63, 3.8) is 0 Å². The predicted octanol–water partition coefficient (Wildman–Crippen LogP) is 3.16. The van der Waals surface area contributed by atoms with E-state index >= 15 is 0 Å². The van der Waals surface area contributed by atoms with Crippen LogP contribution in [0, 0.1) is 0 Å². The molecule has 0 saturated heterocycles. The van der Waals surface area contributed by atoms with E-state index in [1.54, 1.807) is 30.0 Å². The van der Waals surface area contributed by atoms with Crippen molar-refractivity contribution < 1.29 is 9.53 Å². The van der Waals surface area contributed by atoms with E-state index < -0.39 is 0 Å². The minimum atomic E-state index is -0.0793. The summed E-state index contributed by atoms with van der Waals surface area (Å²) in [5.41, 5.74) is 2.77. The van der Waals surface area contributed by atoms with E-state index in [0.717, 1.165) is 11.3 Å². The van der Waals surface area contributed by atoms with Crippen LogP contribution < -0.4 is 9.64 Å². The normalized spacial score (nSPS) is 10.8. The fraction of sp³-hybridized carbons (Fsp3) is 0.143. The number of imidazole rings is 1. The molecule has 4 rings (SSSR count). The van der Waals surface area contributed by atoms with Crippen molar-refractivity contribution in [1.82, 2.24) is 19.5 Å². The van der Waals surface area contributed by atoms with Crippen LogP contribution in [0.3, 0.4) is 0 Å². The third-order valence-electron chi connectivity index (χ3n) is 4.48. The number of carbonyl (C=O) groups is 1. The van der Waals surface area contributed by atoms with Crippen molar-refractivity contribution in [2.75, 3.05) is 19.1 Å². The summed E-state index contributed by atoms with van der Waals surface area (Å²) in [5, 5.41) is 0. The fourth-order valence-corrected chi connectivity index (χ4v) is 2.94. The van der Waals surface area contributed by atoms with Crippen LogP contribution in [0.5, 0.6) is 5.88 Å². The molecule has 4 aromatic rings. The first-order valence-corrected chi connectivity index (χ1v) is 8.81. The number of methoxy groups -OCH3 is 1. The van der Waals surface area contributed by atoms with E-state index in [0.29, 0.717) is 22.9 Å². The van der Waals surface area contributed by atoms with Gasteiger partial charge in [-0.3, -0.25) is 4.79 Å². The molecule has 140 valence electrons. The number of para-hydroxylation sites is 1. The molecule has 0 aliphatic rings. The molecule has 0 aliphatic carbocycles. The lowest BCUT2D eigenvalue weighted by Crippen LogP contribution is -2.29. The number of likely N-dealkylation sites (N-methyl/N-ethyl adjacent to an activating group) is 1. The van der Waals surface area contributed by atoms with Crippen molar-refractivity contribution >= 4 is 22.8 Å². The summed E-state index contributed by atoms with van der Waals surface area (Å²) in [4.78, 5) is 27.8. The van der Waals surface area contributed by atoms with Crippen LogP contribution in [0.15, 0.2) is 67.0 Å². The van der Waals surface area contributed by atoms with Crippen LogP contribution in [-0.2, 0) is 11.3 Å². The summed E-state index contributed by atoms with van der Waals surface area (Å²) < 4.78 is 7.12. The van der Waals surface area contributed by atoms with Crippen molar-refractivity contribution in [1.29, 1.82) is 0 Å². The fourth-order valence-electron chi connectivity index (χ4n) is 2.94. The molecule has 0 radical (unpaired) electrons. The van der Waals surface area contributed by atoms with E-state index in [4.69, 9.17) is 4.74 Å². The van der Waals surface area contributed by atoms with Gasteiger partial charge in [0.1, 0.15) is 6.54 Å². The number of fused-ring (bicyclic) bond motifs is 1. The zero-order valence-corrected chi connectivity index (χ0v) is 15.6. The Bertz CT molecular complexity index is 1110. The van der Waals surface area contributed by atoms with Gasteiger partial charge in [0.25, 0.3) is 0 Å². The zero-order chi connectivity index (χ0) is 19.5. The summed E-state index contributed by atoms with van der Waals surface area (Å²) in [6.45, 7) is 0.107. The Morgan fingerprint density at radius 1 is 1.04 bits per heavy atom. The third kappa shape index (κ3) is 3.29. The Kier molecular flexibility index (Phi) is 4.72. The second-order valence-electron chi connectivity index (χ2n) is 6.26. The molecular formula is C21H19N5O2. The Morgan fingerprint density at radius 2 is 1.71 bits per heavy atom. The minimum absolute atomic E-state index is 0.0793. The molecule has 0 fully saturated rings. The number of amides is 1. The summed E-state index contributed by atoms with van der Waals surface area (Å²) in [6, 6.07) is 19.1. The molecule has 7 nitrogen and oxygen atoms in total. The van der Waals surface area contributed by atoms with Crippen LogP contribution in [0.1, 0.15) is 0 Å². The maximum Gasteiger partial charge on any atom is 0.246 e. The van der Waals surface area contributed by atoms with E-state index in [-0.39, 0.29) is 12.5 Å². The van der Waals surface area contributed by atoms with Gasteiger partial charge in [0.2, 0.25) is 11.8 Å². The second kappa shape index (κ2) is 7.48. The number of anilines is 1. The highest BCUT2D eigenvalue weighted by atomic mass is 16.5. The Labute approximate surface area is 162 Å². The number of ether oxygens (including phenoxy) is 1. The predicted molar refractivity (Wildman–Crippen MR) is 107 cm³/mol. The van der Waals surface area contributed by atoms with Gasteiger partial charge in [0, 0.05) is 18.3 Å². The average molecular weight is 373 g/mol. The number of nitrogens with zero attached hydrogens (tertiary/aromatic N) is 5. The maximum atomic E-state index is 12.8. The van der Waals surface area contributed by atoms with Crippen LogP contribution in [0.25, 0.3) is 22.6 Å². The molecule has 0 unspecified atom stereocenters. The minimum Gasteiger partial charge on any atom is -0.479 e. The molecule has 2 aromatic heterocycles. The average Bonchev–Trinajstić information content (AvgIpc) is 3.16. The molecule has 0 aliphatic heterocycles. The summed E-state index contributed by atoms with van der Waals surface area (Å²) in [5.74, 6) is 0.825. The van der Waals surface area contributed by atoms with Gasteiger partial charge in [-0.05, 0) is 12.1 Å². The van der Waals surface area contributed by atoms with Gasteiger partial charge < -0.3 is 14.2 Å². The topological polar surface area (TPSA) is 73.1 Å². The molecule has 0 atom stereocenters. The smallest absolute Gasteiger partial charge is 0.246 e. The number of hydrogen-bond acceptors (Lipinski definition) is 5. The van der Waals surface area contributed by atoms with Gasteiger partial charge in [0.15, 0.2) is 17.0 Å². The molecule has 0 saturated carbocycles. The molecular weight excluding hydrogens is 354 g/mol. The van der Waals surface area contributed by atoms with Crippen LogP contribution in [0.4, 0.5) is 5.69 Å². The number of carbonyl (C=O) groups excluding carboxylic acids is 1. The molecule has 0 bridgehead atoms. The van der Waals surface area contributed by atoms with E-state index in [9.17, 15) is 4.79 Å². The van der Waals surface area contributed by atoms with Crippen molar-refractivity contribution in [2.24, 2.45) is 0 Å². The monoisotopic (exact) mass is 373 g/mol. The SMILES string of the molecule is COc1nc(-c2ccccc2)nc2c1ncn2CC(=O)N(C)c1ccccc1. The number of aromatic nitrogens is 4. The Balaban J connectivity index is 1.71. The van der Waals surface area contributed by atoms with Gasteiger partial charge in [-0.2, -0.15) is 4.98 Å². The molecule has 1 amide bonds. The van der Waals surface area contributed by atoms with Gasteiger partial charge in [0.05, 0.1) is 13.4 Å². The van der Waals surface area contributed by atoms with E-state index in [1.807, 2.05) is 60.7 Å². The number of hydrogen-bond donors (Lipinski definition) is 0. The lowest BCUT2D eigenvalue weighted by molar-refractivity contribution is -0.118. The highest BCUT2D eigenvalue weighted by Gasteiger charge is 2.18. The summed E-state index contributed by atoms with van der Waals surface area (Å²) >= 11 is 0. The largest absolute Gasteiger partial charge is 0.479 e. The lowest BCUT2D eigenvalue weighted by Gasteiger charge is -2.17. The number of benzene rings is 2. The van der Waals surface area contributed by atoms with Gasteiger partial charge in [-0.25, -0.2) is 9.97 Å². The third-order valence-corrected chi connectivity index (χ3v) is 4.48. The molecule has 0 N–H and O–H groups in total. The summed E-state index contributed by atoms with van der Waals surface area (Å²) in [7, 11) is 3.30. The first-order chi connectivity index (χ1) is 13.7. The first-order valence-electron chi connectivity index (χ1n) is 8.81. The van der Waals surface area contributed by atoms with Gasteiger partial charge >= 0.3 is 0 Å². The first kappa shape index (κ1) is 17.7. The molecule has 28 heavy (non-hydrogen) atoms. The highest BCUT2D eigenvalue weighted by Crippen LogP contribution is 2.25. The molecule has 7 heteroatoms. The standard InChI is InChI=1S/C21H19N5O2/c1-25(16-11-7-4-8-12-16)17(27)13-26-14-22-18-20(26)23-19(24-21(18)28-2)15-9-5-3-6-10-15/h3-12,14H,13H2,1-2H3. The van der Waals surface area contributed by atoms with E-state index in [1.165, 1.54) is 0 Å². The summed E-state index contributed by atoms with van der Waals surface area (Å²) in [6.07, 6.45) is 1.59. The Morgan fingerprint density at radius 3 is 2.39 bits per heavy atom. The van der Waals surface area contributed by atoms with Crippen LogP contribution in [0.2, 0.25) is 0 Å². The molecule has 2 aromatic carbocycles. The van der Waals surface area contributed by atoms with Gasteiger partial charge in [-0.15, -0.1) is 0 Å². The van der Waals surface area contributed by atoms with Gasteiger partial charge in [-0.1, -0.05) is 48.5 Å². The van der Waals surface area contributed by atoms with Crippen molar-refractivity contribution in [3.05, 3.63) is 67.0 Å². The number of rotatable bonds is 5. The Hall–Kier alpha value is -3.74. The van der Waals surface area contributed by atoms with Crippen molar-refractivity contribution in [3.8, 4) is 17.3 Å². The second-order valence-corrected chi connectivity index (χ2v) is 6.26. The molecule has 2 heterocycles. The maximum absolute atomic E-state index is 12.8. The quantitative estimate of drug-likeness (QED) is 0.537. The van der Waals surface area contributed by atoms with E-state index in [2.05, 4.69) is 15.0 Å². The zero-order valence-electron chi connectivity index (χ0n) is 15.6. The lowest BCUT2D eigenvalue weighted by atomic mass is 10.2. The highest BCUT2D eigenvalue weighted by molar-refractivity contribution is 5.93. The van der Waals surface area contributed by atoms with Crippen LogP contribution in [-0.4, -0.2) is 39.6 Å².